The number of hydrogen-bond donors (Lipinski definition) is 14. The van der Waals surface area contributed by atoms with E-state index in [1.807, 2.05) is 6.92 Å². The minimum atomic E-state index is -1.86. The highest BCUT2D eigenvalue weighted by molar-refractivity contribution is 5.77. The predicted octanol–water partition coefficient (Wildman–Crippen LogP) is -3.79. The molecule has 4 heterocycles. The van der Waals surface area contributed by atoms with Gasteiger partial charge in [0, 0.05) is 5.92 Å². The van der Waals surface area contributed by atoms with E-state index in [0.29, 0.717) is 38.5 Å². The van der Waals surface area contributed by atoms with Crippen LogP contribution in [0, 0.1) is 39.4 Å². The first-order valence-electron chi connectivity index (χ1n) is 24.0. The van der Waals surface area contributed by atoms with Crippen molar-refractivity contribution < 1.29 is 105 Å². The lowest BCUT2D eigenvalue weighted by Gasteiger charge is -2.64. The number of aliphatic hydroxyl groups excluding tert-OH is 14. The quantitative estimate of drug-likeness (QED) is 0.0659. The lowest BCUT2D eigenvalue weighted by Crippen LogP contribution is -2.65. The van der Waals surface area contributed by atoms with Gasteiger partial charge in [0.1, 0.15) is 85.5 Å². The fourth-order valence-electron chi connectivity index (χ4n) is 14.7. The molecule has 8 aliphatic rings. The van der Waals surface area contributed by atoms with Crippen LogP contribution in [0.4, 0.5) is 0 Å². The van der Waals surface area contributed by atoms with Crippen LogP contribution in [-0.4, -0.2) is 220 Å². The van der Waals surface area contributed by atoms with Crippen LogP contribution < -0.4 is 0 Å². The van der Waals surface area contributed by atoms with E-state index in [-0.39, 0.29) is 35.5 Å². The zero-order valence-corrected chi connectivity index (χ0v) is 38.1. The van der Waals surface area contributed by atoms with Crippen molar-refractivity contribution in [2.45, 2.75) is 201 Å². The predicted molar refractivity (Wildman–Crippen MR) is 225 cm³/mol. The van der Waals surface area contributed by atoms with Crippen LogP contribution in [0.25, 0.3) is 0 Å². The first kappa shape index (κ1) is 51.8. The first-order chi connectivity index (χ1) is 31.6. The molecule has 2 bridgehead atoms. The molecule has 4 saturated heterocycles. The van der Waals surface area contributed by atoms with E-state index in [1.165, 1.54) is 0 Å². The first-order valence-corrected chi connectivity index (χ1v) is 24.0. The Morgan fingerprint density at radius 3 is 1.72 bits per heavy atom. The number of aliphatic hydroxyl groups is 14. The van der Waals surface area contributed by atoms with Crippen molar-refractivity contribution in [3.05, 3.63) is 12.2 Å². The SMILES string of the molecule is C=C1C[C@@]23CC[C@H]4[C@@](C)(CCC[C@@]4(C)C(=O)O[C@@H]4O[C@H](CO)[C@@H](O)[C@H](O)[C@@H]4O)[C@@H]2CC[C@]1(C[C@@H]1O[C@H](CO)[C@@H](O)[C@H](O[C@@H]2O[C@H](CO)[C@@H](O)[C@H](O)[C@H]2O)[C@H]1C[C@@H]1O[C@H](CO)[C@@H](O)[C@H](O)[C@H]1O)C3. The van der Waals surface area contributed by atoms with Crippen LogP contribution in [0.3, 0.4) is 0 Å². The van der Waals surface area contributed by atoms with E-state index >= 15 is 0 Å². The Morgan fingerprint density at radius 2 is 1.10 bits per heavy atom. The third kappa shape index (κ3) is 8.65. The van der Waals surface area contributed by atoms with E-state index in [4.69, 9.17) is 28.4 Å². The third-order valence-electron chi connectivity index (χ3n) is 18.3. The van der Waals surface area contributed by atoms with Crippen molar-refractivity contribution in [2.75, 3.05) is 26.4 Å². The third-order valence-corrected chi connectivity index (χ3v) is 18.3. The molecule has 14 N–H and O–H groups in total. The van der Waals surface area contributed by atoms with Gasteiger partial charge in [-0.25, -0.2) is 0 Å². The molecule has 8 fully saturated rings. The van der Waals surface area contributed by atoms with Gasteiger partial charge < -0.3 is 99.9 Å². The average Bonchev–Trinajstić information content (AvgIpc) is 3.50. The van der Waals surface area contributed by atoms with Crippen LogP contribution in [0.5, 0.6) is 0 Å². The van der Waals surface area contributed by atoms with Crippen molar-refractivity contribution in [3.8, 4) is 0 Å². The summed E-state index contributed by atoms with van der Waals surface area (Å²) in [6, 6.07) is 0. The maximum Gasteiger partial charge on any atom is 0.314 e. The van der Waals surface area contributed by atoms with Gasteiger partial charge in [-0.3, -0.25) is 4.79 Å². The molecule has 4 aliphatic carbocycles. The van der Waals surface area contributed by atoms with Crippen LogP contribution in [0.1, 0.15) is 84.5 Å². The zero-order valence-electron chi connectivity index (χ0n) is 38.1. The summed E-state index contributed by atoms with van der Waals surface area (Å²) in [7, 11) is 0. The molecular weight excluding hydrogens is 888 g/mol. The highest BCUT2D eigenvalue weighted by Gasteiger charge is 2.69. The molecule has 8 rings (SSSR count). The molecule has 67 heavy (non-hydrogen) atoms. The largest absolute Gasteiger partial charge is 0.432 e. The molecule has 0 unspecified atom stereocenters. The van der Waals surface area contributed by atoms with E-state index < -0.39 is 165 Å². The monoisotopic (exact) mass is 962 g/mol. The number of carbonyl (C=O) groups is 1. The van der Waals surface area contributed by atoms with E-state index in [1.54, 1.807) is 0 Å². The van der Waals surface area contributed by atoms with Gasteiger partial charge in [0.25, 0.3) is 0 Å². The molecule has 384 valence electrons. The van der Waals surface area contributed by atoms with E-state index in [0.717, 1.165) is 24.8 Å². The van der Waals surface area contributed by atoms with Gasteiger partial charge in [-0.15, -0.1) is 0 Å². The van der Waals surface area contributed by atoms with Crippen molar-refractivity contribution in [3.63, 3.8) is 0 Å². The minimum Gasteiger partial charge on any atom is -0.432 e. The minimum absolute atomic E-state index is 0.136. The summed E-state index contributed by atoms with van der Waals surface area (Å²) in [6.45, 7) is 6.00. The number of hydrogen-bond acceptors (Lipinski definition) is 21. The fourth-order valence-corrected chi connectivity index (χ4v) is 14.7. The average molecular weight is 963 g/mol. The highest BCUT2D eigenvalue weighted by Crippen LogP contribution is 2.76. The molecule has 0 aromatic rings. The van der Waals surface area contributed by atoms with Crippen molar-refractivity contribution in [1.82, 2.24) is 0 Å². The molecule has 21 heteroatoms. The lowest BCUT2D eigenvalue weighted by molar-refractivity contribution is -0.340. The zero-order chi connectivity index (χ0) is 48.7. The Morgan fingerprint density at radius 1 is 0.597 bits per heavy atom. The molecular formula is C46H74O21. The van der Waals surface area contributed by atoms with Crippen LogP contribution in [0.15, 0.2) is 12.2 Å². The number of rotatable bonds is 12. The molecule has 1 spiro atoms. The normalized spacial score (nSPS) is 54.5. The summed E-state index contributed by atoms with van der Waals surface area (Å²) >= 11 is 0. The second-order valence-electron chi connectivity index (χ2n) is 21.8. The molecule has 26 atom stereocenters. The molecule has 0 aromatic heterocycles. The van der Waals surface area contributed by atoms with Gasteiger partial charge in [-0.2, -0.15) is 0 Å². The highest BCUT2D eigenvalue weighted by atomic mass is 16.7. The van der Waals surface area contributed by atoms with Crippen LogP contribution >= 0.6 is 0 Å². The van der Waals surface area contributed by atoms with Crippen molar-refractivity contribution >= 4 is 5.97 Å². The number of esters is 1. The van der Waals surface area contributed by atoms with Gasteiger partial charge >= 0.3 is 5.97 Å². The Labute approximate surface area is 388 Å². The van der Waals surface area contributed by atoms with Gasteiger partial charge in [0.15, 0.2) is 6.29 Å². The van der Waals surface area contributed by atoms with Crippen LogP contribution in [0.2, 0.25) is 0 Å². The second-order valence-corrected chi connectivity index (χ2v) is 21.8. The van der Waals surface area contributed by atoms with Gasteiger partial charge in [-0.1, -0.05) is 25.5 Å². The Hall–Kier alpha value is -1.55. The Kier molecular flexibility index (Phi) is 15.0. The summed E-state index contributed by atoms with van der Waals surface area (Å²) in [5.74, 6) is -1.58. The molecule has 4 saturated carbocycles. The van der Waals surface area contributed by atoms with Gasteiger partial charge in [0.05, 0.1) is 50.2 Å². The summed E-state index contributed by atoms with van der Waals surface area (Å²) in [5, 5.41) is 148. The maximum absolute atomic E-state index is 14.3. The van der Waals surface area contributed by atoms with Crippen molar-refractivity contribution in [1.29, 1.82) is 0 Å². The Balaban J connectivity index is 1.06. The summed E-state index contributed by atoms with van der Waals surface area (Å²) in [6.07, 6.45) is -22.8. The maximum atomic E-state index is 14.3. The fraction of sp³-hybridized carbons (Fsp3) is 0.935. The molecule has 0 radical (unpaired) electrons. The topological polar surface area (TPSA) is 356 Å². The molecule has 0 aromatic carbocycles. The van der Waals surface area contributed by atoms with E-state index in [2.05, 4.69) is 13.5 Å². The van der Waals surface area contributed by atoms with Crippen LogP contribution in [-0.2, 0) is 33.2 Å². The number of carbonyl (C=O) groups excluding carboxylic acids is 1. The number of fused-ring (bicyclic) bond motifs is 3. The standard InChI is InChI=1S/C46H74O21/c1-19-12-46-10-5-27-43(2,7-4-8-44(27,3)42(61)67-41-38(60)36(58)32(54)25(16-49)65-41)28(46)6-9-45(19,18-46)13-22-20(11-21-29(51)34(56)30(52)23(14-47)62-21)39(33(55)26(17-50)63-22)66-40-37(59)35(57)31(53)24(15-48)64-40/h20-41,47-60H,1,4-18H2,2-3H3/t20-,21-,22-,23+,24+,25+,26+,27-,28-,29-,30+,31+,32+,33+,34+,35-,36-,37+,38-,39+,40-,41-,43+,44+,45-,46+/m0/s1. The molecule has 0 amide bonds. The smallest absolute Gasteiger partial charge is 0.314 e. The lowest BCUT2D eigenvalue weighted by atomic mass is 9.40. The summed E-state index contributed by atoms with van der Waals surface area (Å²) in [5.41, 5.74) is -1.18. The summed E-state index contributed by atoms with van der Waals surface area (Å²) < 4.78 is 35.9. The van der Waals surface area contributed by atoms with E-state index in [9.17, 15) is 76.3 Å². The Bertz CT molecular complexity index is 1750. The number of allylic oxidation sites excluding steroid dienone is 1. The van der Waals surface area contributed by atoms with Gasteiger partial charge in [-0.05, 0) is 99.2 Å². The molecule has 4 aliphatic heterocycles. The van der Waals surface area contributed by atoms with Crippen molar-refractivity contribution in [2.24, 2.45) is 39.4 Å². The number of ether oxygens (including phenoxy) is 6. The van der Waals surface area contributed by atoms with Gasteiger partial charge in [0.2, 0.25) is 6.29 Å². The molecule has 21 nitrogen and oxygen atoms in total. The summed E-state index contributed by atoms with van der Waals surface area (Å²) in [4.78, 5) is 14.3. The second kappa shape index (κ2) is 19.5.